The second-order valence-corrected chi connectivity index (χ2v) is 5.06. The second-order valence-electron chi connectivity index (χ2n) is 5.06. The highest BCUT2D eigenvalue weighted by Gasteiger charge is 2.72. The number of nitrogens with zero attached hydrogens (tertiary/aromatic N) is 1. The first-order valence-corrected chi connectivity index (χ1v) is 6.22. The number of rotatable bonds is 2. The van der Waals surface area contributed by atoms with Gasteiger partial charge in [0.2, 0.25) is 0 Å². The van der Waals surface area contributed by atoms with E-state index in [2.05, 4.69) is 0 Å². The van der Waals surface area contributed by atoms with Crippen molar-refractivity contribution in [2.75, 3.05) is 13.1 Å². The number of nitrogens with two attached hydrogens (primary N) is 1. The summed E-state index contributed by atoms with van der Waals surface area (Å²) in [6.45, 7) is -2.13. The van der Waals surface area contributed by atoms with Crippen LogP contribution >= 0.6 is 12.4 Å². The molecule has 132 valence electrons. The summed E-state index contributed by atoms with van der Waals surface area (Å²) in [5.74, 6) is -0.737. The molecule has 1 saturated heterocycles. The van der Waals surface area contributed by atoms with E-state index in [0.29, 0.717) is 4.90 Å². The normalized spacial score (nSPS) is 18.0. The summed E-state index contributed by atoms with van der Waals surface area (Å²) in [7, 11) is 0. The van der Waals surface area contributed by atoms with Crippen LogP contribution in [0.5, 0.6) is 0 Å². The predicted octanol–water partition coefficient (Wildman–Crippen LogP) is 3.12. The average Bonchev–Trinajstić information content (AvgIpc) is 3.04. The topological polar surface area (TPSA) is 59.5 Å². The third kappa shape index (κ3) is 3.27. The SMILES string of the molecule is Cl.NCc1cc(C(=O)N2CCC(C(F)(F)F)(C(F)(F)F)C2)co1. The van der Waals surface area contributed by atoms with Gasteiger partial charge >= 0.3 is 12.4 Å². The molecule has 11 heteroatoms. The lowest BCUT2D eigenvalue weighted by Gasteiger charge is -2.33. The quantitative estimate of drug-likeness (QED) is 0.818. The van der Waals surface area contributed by atoms with Gasteiger partial charge in [-0.3, -0.25) is 4.79 Å². The first-order chi connectivity index (χ1) is 10.0. The summed E-state index contributed by atoms with van der Waals surface area (Å²) < 4.78 is 82.4. The maximum Gasteiger partial charge on any atom is 0.404 e. The van der Waals surface area contributed by atoms with Gasteiger partial charge in [-0.2, -0.15) is 26.3 Å². The van der Waals surface area contributed by atoms with E-state index in [4.69, 9.17) is 10.2 Å². The van der Waals surface area contributed by atoms with E-state index in [0.717, 1.165) is 6.26 Å². The number of hydrogen-bond acceptors (Lipinski definition) is 3. The minimum Gasteiger partial charge on any atom is -0.467 e. The monoisotopic (exact) mass is 366 g/mol. The van der Waals surface area contributed by atoms with E-state index < -0.39 is 43.2 Å². The molecule has 1 aromatic heterocycles. The maximum absolute atomic E-state index is 12.9. The molecule has 0 radical (unpaired) electrons. The van der Waals surface area contributed by atoms with Crippen LogP contribution in [0.4, 0.5) is 26.3 Å². The van der Waals surface area contributed by atoms with Crippen molar-refractivity contribution in [3.05, 3.63) is 23.7 Å². The van der Waals surface area contributed by atoms with Crippen molar-refractivity contribution in [3.8, 4) is 0 Å². The lowest BCUT2D eigenvalue weighted by atomic mass is 9.85. The van der Waals surface area contributed by atoms with Crippen LogP contribution < -0.4 is 5.73 Å². The maximum atomic E-state index is 12.9. The molecule has 0 aliphatic carbocycles. The van der Waals surface area contributed by atoms with Gasteiger partial charge in [0.25, 0.3) is 5.91 Å². The standard InChI is InChI=1S/C12H12F6N2O2.ClH/c13-11(14,15)10(12(16,17)18)1-2-20(6-10)9(21)7-3-8(4-19)22-5-7;/h3,5H,1-2,4,6,19H2;1H. The highest BCUT2D eigenvalue weighted by Crippen LogP contribution is 2.55. The smallest absolute Gasteiger partial charge is 0.404 e. The molecule has 0 atom stereocenters. The zero-order valence-electron chi connectivity index (χ0n) is 11.5. The van der Waals surface area contributed by atoms with Gasteiger partial charge in [-0.25, -0.2) is 0 Å². The highest BCUT2D eigenvalue weighted by molar-refractivity contribution is 5.94. The van der Waals surface area contributed by atoms with E-state index in [1.807, 2.05) is 0 Å². The molecule has 2 rings (SSSR count). The Morgan fingerprint density at radius 1 is 1.26 bits per heavy atom. The van der Waals surface area contributed by atoms with Crippen molar-refractivity contribution in [1.82, 2.24) is 4.90 Å². The highest BCUT2D eigenvalue weighted by atomic mass is 35.5. The van der Waals surface area contributed by atoms with Crippen LogP contribution in [0.1, 0.15) is 22.5 Å². The van der Waals surface area contributed by atoms with Crippen molar-refractivity contribution in [2.24, 2.45) is 11.1 Å². The molecule has 0 aromatic carbocycles. The van der Waals surface area contributed by atoms with E-state index >= 15 is 0 Å². The van der Waals surface area contributed by atoms with Crippen LogP contribution in [0.2, 0.25) is 0 Å². The lowest BCUT2D eigenvalue weighted by Crippen LogP contribution is -2.52. The Labute approximate surface area is 133 Å². The Hall–Kier alpha value is -1.42. The van der Waals surface area contributed by atoms with Crippen LogP contribution in [0, 0.1) is 5.41 Å². The summed E-state index contributed by atoms with van der Waals surface area (Å²) in [6.07, 6.45) is -11.2. The fourth-order valence-electron chi connectivity index (χ4n) is 2.39. The third-order valence-electron chi connectivity index (χ3n) is 3.74. The summed E-state index contributed by atoms with van der Waals surface area (Å²) in [6, 6.07) is 1.20. The molecule has 1 aromatic rings. The van der Waals surface area contributed by atoms with Crippen molar-refractivity contribution in [1.29, 1.82) is 0 Å². The largest absolute Gasteiger partial charge is 0.467 e. The van der Waals surface area contributed by atoms with Crippen LogP contribution in [0.25, 0.3) is 0 Å². The molecule has 23 heavy (non-hydrogen) atoms. The summed E-state index contributed by atoms with van der Waals surface area (Å²) in [4.78, 5) is 12.5. The van der Waals surface area contributed by atoms with Crippen LogP contribution in [0.15, 0.2) is 16.7 Å². The van der Waals surface area contributed by atoms with Crippen molar-refractivity contribution < 1.29 is 35.6 Å². The number of carbonyl (C=O) groups is 1. The molecular weight excluding hydrogens is 354 g/mol. The first-order valence-electron chi connectivity index (χ1n) is 6.22. The van der Waals surface area contributed by atoms with Gasteiger partial charge in [0.05, 0.1) is 12.1 Å². The Kier molecular flexibility index (Phi) is 5.32. The second kappa shape index (κ2) is 6.23. The third-order valence-corrected chi connectivity index (χ3v) is 3.74. The number of hydrogen-bond donors (Lipinski definition) is 1. The minimum atomic E-state index is -5.49. The molecule has 0 saturated carbocycles. The number of furan rings is 1. The zero-order valence-corrected chi connectivity index (χ0v) is 12.3. The molecular formula is C12H13ClF6N2O2. The molecule has 2 N–H and O–H groups in total. The molecule has 0 unspecified atom stereocenters. The average molecular weight is 367 g/mol. The number of amides is 1. The van der Waals surface area contributed by atoms with Gasteiger partial charge in [-0.15, -0.1) is 12.4 Å². The van der Waals surface area contributed by atoms with Crippen molar-refractivity contribution >= 4 is 18.3 Å². The molecule has 1 aliphatic heterocycles. The molecule has 1 amide bonds. The van der Waals surface area contributed by atoms with Crippen LogP contribution in [-0.2, 0) is 6.54 Å². The Bertz CT molecular complexity index is 555. The fourth-order valence-corrected chi connectivity index (χ4v) is 2.39. The number of carbonyl (C=O) groups excluding carboxylic acids is 1. The molecule has 2 heterocycles. The van der Waals surface area contributed by atoms with Crippen LogP contribution in [-0.4, -0.2) is 36.2 Å². The number of likely N-dealkylation sites (tertiary alicyclic amines) is 1. The van der Waals surface area contributed by atoms with Gasteiger partial charge < -0.3 is 15.1 Å². The predicted molar refractivity (Wildman–Crippen MR) is 68.9 cm³/mol. The van der Waals surface area contributed by atoms with Gasteiger partial charge in [-0.1, -0.05) is 0 Å². The molecule has 1 aliphatic rings. The Balaban J connectivity index is 0.00000264. The van der Waals surface area contributed by atoms with Gasteiger partial charge in [0.15, 0.2) is 5.41 Å². The molecule has 0 spiro atoms. The zero-order chi connectivity index (χ0) is 16.8. The number of halogens is 7. The fraction of sp³-hybridized carbons (Fsp3) is 0.583. The Morgan fingerprint density at radius 3 is 2.22 bits per heavy atom. The van der Waals surface area contributed by atoms with Crippen molar-refractivity contribution in [3.63, 3.8) is 0 Å². The van der Waals surface area contributed by atoms with Crippen LogP contribution in [0.3, 0.4) is 0 Å². The van der Waals surface area contributed by atoms with E-state index in [9.17, 15) is 31.1 Å². The van der Waals surface area contributed by atoms with E-state index in [1.165, 1.54) is 6.07 Å². The van der Waals surface area contributed by atoms with Gasteiger partial charge in [0.1, 0.15) is 12.0 Å². The number of alkyl halides is 6. The van der Waals surface area contributed by atoms with Gasteiger partial charge in [0, 0.05) is 13.1 Å². The summed E-state index contributed by atoms with van der Waals surface area (Å²) in [5.41, 5.74) is 1.24. The van der Waals surface area contributed by atoms with Gasteiger partial charge in [-0.05, 0) is 12.5 Å². The summed E-state index contributed by atoms with van der Waals surface area (Å²) >= 11 is 0. The Morgan fingerprint density at radius 2 is 1.83 bits per heavy atom. The lowest BCUT2D eigenvalue weighted by molar-refractivity contribution is -0.334. The molecule has 1 fully saturated rings. The van der Waals surface area contributed by atoms with Crippen molar-refractivity contribution in [2.45, 2.75) is 25.3 Å². The molecule has 0 bridgehead atoms. The molecule has 4 nitrogen and oxygen atoms in total. The minimum absolute atomic E-state index is 0. The summed E-state index contributed by atoms with van der Waals surface area (Å²) in [5, 5.41) is 0. The van der Waals surface area contributed by atoms with E-state index in [-0.39, 0.29) is 30.3 Å². The van der Waals surface area contributed by atoms with E-state index in [1.54, 1.807) is 0 Å². The first kappa shape index (κ1) is 19.6.